The van der Waals surface area contributed by atoms with Crippen molar-refractivity contribution in [3.63, 3.8) is 0 Å². The molecule has 0 heterocycles. The van der Waals surface area contributed by atoms with Crippen molar-refractivity contribution in [3.05, 3.63) is 101 Å². The Labute approximate surface area is 160 Å². The van der Waals surface area contributed by atoms with Crippen LogP contribution in [0, 0.1) is 6.92 Å². The Kier molecular flexibility index (Phi) is 6.40. The summed E-state index contributed by atoms with van der Waals surface area (Å²) >= 11 is 0. The minimum atomic E-state index is -3.75. The maximum absolute atomic E-state index is 12.2. The molecule has 0 spiro atoms. The molecule has 0 unspecified atom stereocenters. The smallest absolute Gasteiger partial charge is 0.297 e. The van der Waals surface area contributed by atoms with Gasteiger partial charge in [0.1, 0.15) is 0 Å². The van der Waals surface area contributed by atoms with Crippen LogP contribution in [0.25, 0.3) is 0 Å². The molecule has 0 fully saturated rings. The Morgan fingerprint density at radius 3 is 1.78 bits per heavy atom. The zero-order chi connectivity index (χ0) is 19.1. The second kappa shape index (κ2) is 8.95. The van der Waals surface area contributed by atoms with Crippen molar-refractivity contribution in [3.8, 4) is 0 Å². The van der Waals surface area contributed by atoms with Crippen molar-refractivity contribution in [2.24, 2.45) is 0 Å². The second-order valence-electron chi connectivity index (χ2n) is 6.32. The van der Waals surface area contributed by atoms with E-state index in [0.29, 0.717) is 13.2 Å². The van der Waals surface area contributed by atoms with Crippen LogP contribution in [0.15, 0.2) is 83.8 Å². The van der Waals surface area contributed by atoms with Gasteiger partial charge in [0.15, 0.2) is 0 Å². The summed E-state index contributed by atoms with van der Waals surface area (Å²) in [5, 5.41) is 0. The lowest BCUT2D eigenvalue weighted by Gasteiger charge is -2.08. The average molecular weight is 382 g/mol. The largest absolute Gasteiger partial charge is 0.372 e. The Morgan fingerprint density at radius 1 is 0.667 bits per heavy atom. The summed E-state index contributed by atoms with van der Waals surface area (Å²) < 4.78 is 35.3. The molecule has 0 aliphatic heterocycles. The van der Waals surface area contributed by atoms with Crippen molar-refractivity contribution in [1.82, 2.24) is 0 Å². The van der Waals surface area contributed by atoms with Gasteiger partial charge in [-0.1, -0.05) is 72.3 Å². The van der Waals surface area contributed by atoms with Gasteiger partial charge < -0.3 is 4.74 Å². The quantitative estimate of drug-likeness (QED) is 0.534. The minimum Gasteiger partial charge on any atom is -0.372 e. The fourth-order valence-corrected chi connectivity index (χ4v) is 3.41. The number of hydrogen-bond donors (Lipinski definition) is 0. The van der Waals surface area contributed by atoms with E-state index in [1.807, 2.05) is 61.5 Å². The highest BCUT2D eigenvalue weighted by atomic mass is 32.2. The summed E-state index contributed by atoms with van der Waals surface area (Å²) in [6.45, 7) is 2.96. The summed E-state index contributed by atoms with van der Waals surface area (Å²) in [4.78, 5) is 0.166. The molecule has 0 radical (unpaired) electrons. The zero-order valence-corrected chi connectivity index (χ0v) is 16.0. The highest BCUT2D eigenvalue weighted by molar-refractivity contribution is 7.86. The lowest BCUT2D eigenvalue weighted by atomic mass is 10.1. The fraction of sp³-hybridized carbons (Fsp3) is 0.182. The maximum atomic E-state index is 12.2. The molecule has 3 rings (SSSR count). The number of rotatable bonds is 8. The zero-order valence-electron chi connectivity index (χ0n) is 15.2. The van der Waals surface area contributed by atoms with Crippen LogP contribution in [-0.2, 0) is 38.9 Å². The van der Waals surface area contributed by atoms with Gasteiger partial charge in [-0.15, -0.1) is 0 Å². The highest BCUT2D eigenvalue weighted by Gasteiger charge is 2.14. The molecule has 0 aliphatic carbocycles. The van der Waals surface area contributed by atoms with Crippen LogP contribution in [0.5, 0.6) is 0 Å². The molecule has 0 amide bonds. The van der Waals surface area contributed by atoms with Crippen molar-refractivity contribution in [2.45, 2.75) is 31.6 Å². The molecular weight excluding hydrogens is 360 g/mol. The van der Waals surface area contributed by atoms with Crippen LogP contribution in [-0.4, -0.2) is 8.42 Å². The molecule has 3 aromatic rings. The first-order valence-electron chi connectivity index (χ1n) is 8.68. The lowest BCUT2D eigenvalue weighted by Crippen LogP contribution is -2.06. The molecule has 27 heavy (non-hydrogen) atoms. The van der Waals surface area contributed by atoms with E-state index >= 15 is 0 Å². The first kappa shape index (κ1) is 19.3. The molecule has 0 aliphatic rings. The van der Waals surface area contributed by atoms with Crippen molar-refractivity contribution in [2.75, 3.05) is 0 Å². The Hall–Kier alpha value is -2.47. The highest BCUT2D eigenvalue weighted by Crippen LogP contribution is 2.16. The summed E-state index contributed by atoms with van der Waals surface area (Å²) in [6.07, 6.45) is 0. The van der Waals surface area contributed by atoms with E-state index in [-0.39, 0.29) is 11.5 Å². The molecule has 0 aromatic heterocycles. The van der Waals surface area contributed by atoms with Gasteiger partial charge in [-0.05, 0) is 35.7 Å². The number of aryl methyl sites for hydroxylation is 1. The van der Waals surface area contributed by atoms with E-state index in [2.05, 4.69) is 0 Å². The third kappa shape index (κ3) is 5.76. The van der Waals surface area contributed by atoms with Gasteiger partial charge in [0, 0.05) is 0 Å². The summed E-state index contributed by atoms with van der Waals surface area (Å²) in [5.41, 5.74) is 3.94. The van der Waals surface area contributed by atoms with E-state index in [0.717, 1.165) is 22.3 Å². The SMILES string of the molecule is Cc1ccc(S(=O)(=O)OCc2ccc(COCc3ccccc3)cc2)cc1. The Balaban J connectivity index is 1.50. The van der Waals surface area contributed by atoms with Gasteiger partial charge >= 0.3 is 0 Å². The predicted molar refractivity (Wildman–Crippen MR) is 105 cm³/mol. The topological polar surface area (TPSA) is 52.6 Å². The minimum absolute atomic E-state index is 0.00135. The summed E-state index contributed by atoms with van der Waals surface area (Å²) in [6, 6.07) is 24.1. The van der Waals surface area contributed by atoms with Gasteiger partial charge in [-0.2, -0.15) is 8.42 Å². The van der Waals surface area contributed by atoms with Gasteiger partial charge in [0.25, 0.3) is 10.1 Å². The average Bonchev–Trinajstić information content (AvgIpc) is 2.69. The molecule has 140 valence electrons. The third-order valence-corrected chi connectivity index (χ3v) is 5.37. The number of hydrogen-bond acceptors (Lipinski definition) is 4. The first-order valence-corrected chi connectivity index (χ1v) is 10.1. The molecule has 3 aromatic carbocycles. The van der Waals surface area contributed by atoms with Gasteiger partial charge in [0.2, 0.25) is 0 Å². The standard InChI is InChI=1S/C22H22O4S/c1-18-7-13-22(14-8-18)27(23,24)26-17-21-11-9-20(10-12-21)16-25-15-19-5-3-2-4-6-19/h2-14H,15-17H2,1H3. The van der Waals surface area contributed by atoms with Crippen molar-refractivity contribution in [1.29, 1.82) is 0 Å². The van der Waals surface area contributed by atoms with Crippen LogP contribution < -0.4 is 0 Å². The second-order valence-corrected chi connectivity index (χ2v) is 7.94. The molecule has 4 nitrogen and oxygen atoms in total. The Bertz CT molecular complexity index is 947. The van der Waals surface area contributed by atoms with Gasteiger partial charge in [-0.25, -0.2) is 0 Å². The summed E-state index contributed by atoms with van der Waals surface area (Å²) in [7, 11) is -3.75. The normalized spacial score (nSPS) is 11.4. The number of benzene rings is 3. The third-order valence-electron chi connectivity index (χ3n) is 4.09. The molecular formula is C22H22O4S. The molecule has 0 bridgehead atoms. The van der Waals surface area contributed by atoms with E-state index in [1.165, 1.54) is 0 Å². The van der Waals surface area contributed by atoms with Gasteiger partial charge in [-0.3, -0.25) is 4.18 Å². The lowest BCUT2D eigenvalue weighted by molar-refractivity contribution is 0.107. The van der Waals surface area contributed by atoms with E-state index in [9.17, 15) is 8.42 Å². The van der Waals surface area contributed by atoms with Crippen LogP contribution in [0.2, 0.25) is 0 Å². The van der Waals surface area contributed by atoms with Crippen molar-refractivity contribution < 1.29 is 17.3 Å². The first-order chi connectivity index (χ1) is 13.0. The van der Waals surface area contributed by atoms with E-state index < -0.39 is 10.1 Å². The molecule has 0 saturated heterocycles. The van der Waals surface area contributed by atoms with Gasteiger partial charge in [0.05, 0.1) is 24.7 Å². The fourth-order valence-electron chi connectivity index (χ4n) is 2.51. The molecule has 0 saturated carbocycles. The van der Waals surface area contributed by atoms with Crippen LogP contribution in [0.4, 0.5) is 0 Å². The maximum Gasteiger partial charge on any atom is 0.297 e. The number of ether oxygens (including phenoxy) is 1. The monoisotopic (exact) mass is 382 g/mol. The van der Waals surface area contributed by atoms with Crippen LogP contribution in [0.1, 0.15) is 22.3 Å². The van der Waals surface area contributed by atoms with E-state index in [1.54, 1.807) is 24.3 Å². The molecule has 0 atom stereocenters. The van der Waals surface area contributed by atoms with Crippen LogP contribution >= 0.6 is 0 Å². The molecule has 5 heteroatoms. The Morgan fingerprint density at radius 2 is 1.19 bits per heavy atom. The van der Waals surface area contributed by atoms with Crippen LogP contribution in [0.3, 0.4) is 0 Å². The molecule has 0 N–H and O–H groups in total. The van der Waals surface area contributed by atoms with E-state index in [4.69, 9.17) is 8.92 Å². The van der Waals surface area contributed by atoms with Crippen molar-refractivity contribution >= 4 is 10.1 Å². The predicted octanol–water partition coefficient (Wildman–Crippen LogP) is 4.62. The summed E-state index contributed by atoms with van der Waals surface area (Å²) in [5.74, 6) is 0.